The van der Waals surface area contributed by atoms with Crippen molar-refractivity contribution in [3.8, 4) is 0 Å². The monoisotopic (exact) mass is 418 g/mol. The Morgan fingerprint density at radius 2 is 1.45 bits per heavy atom. The van der Waals surface area contributed by atoms with Crippen molar-refractivity contribution in [3.05, 3.63) is 101 Å². The summed E-state index contributed by atoms with van der Waals surface area (Å²) in [6, 6.07) is 22.2. The van der Waals surface area contributed by atoms with E-state index in [1.807, 2.05) is 60.7 Å². The number of alkyl halides is 3. The lowest BCUT2D eigenvalue weighted by molar-refractivity contribution is -0.137. The molecular weight excluding hydrogens is 401 g/mol. The summed E-state index contributed by atoms with van der Waals surface area (Å²) >= 11 is 5.61. The van der Waals surface area contributed by atoms with Crippen molar-refractivity contribution in [3.63, 3.8) is 0 Å². The molecule has 0 aliphatic carbocycles. The maximum absolute atomic E-state index is 13.0. The molecule has 0 heterocycles. The summed E-state index contributed by atoms with van der Waals surface area (Å²) in [6.45, 7) is -0.0849. The van der Waals surface area contributed by atoms with Gasteiger partial charge in [0.2, 0.25) is 5.91 Å². The van der Waals surface area contributed by atoms with Gasteiger partial charge < -0.3 is 5.32 Å². The SMILES string of the molecule is O=C(CNC(c1ccccc1)c1ccccc1)Nc1ccc(Cl)c(C(F)(F)F)c1. The van der Waals surface area contributed by atoms with Gasteiger partial charge in [0, 0.05) is 5.69 Å². The fourth-order valence-corrected chi connectivity index (χ4v) is 3.16. The number of halogens is 4. The molecule has 7 heteroatoms. The van der Waals surface area contributed by atoms with E-state index in [0.29, 0.717) is 0 Å². The van der Waals surface area contributed by atoms with Crippen molar-refractivity contribution < 1.29 is 18.0 Å². The zero-order valence-corrected chi connectivity index (χ0v) is 16.0. The average Bonchev–Trinajstić information content (AvgIpc) is 2.70. The van der Waals surface area contributed by atoms with Crippen molar-refractivity contribution in [2.45, 2.75) is 12.2 Å². The molecule has 0 bridgehead atoms. The van der Waals surface area contributed by atoms with Crippen LogP contribution in [0.15, 0.2) is 78.9 Å². The van der Waals surface area contributed by atoms with Crippen LogP contribution < -0.4 is 10.6 Å². The zero-order chi connectivity index (χ0) is 20.9. The molecule has 0 aliphatic heterocycles. The lowest BCUT2D eigenvalue weighted by atomic mass is 9.99. The van der Waals surface area contributed by atoms with E-state index in [4.69, 9.17) is 11.6 Å². The van der Waals surface area contributed by atoms with Gasteiger partial charge in [-0.05, 0) is 29.3 Å². The first-order valence-electron chi connectivity index (χ1n) is 8.84. The zero-order valence-electron chi connectivity index (χ0n) is 15.2. The van der Waals surface area contributed by atoms with Crippen LogP contribution >= 0.6 is 11.6 Å². The van der Waals surface area contributed by atoms with E-state index in [1.165, 1.54) is 6.07 Å². The van der Waals surface area contributed by atoms with Crippen molar-refractivity contribution in [2.75, 3.05) is 11.9 Å². The highest BCUT2D eigenvalue weighted by Crippen LogP contribution is 2.36. The van der Waals surface area contributed by atoms with Crippen molar-refractivity contribution >= 4 is 23.2 Å². The second-order valence-electron chi connectivity index (χ2n) is 6.38. The van der Waals surface area contributed by atoms with E-state index in [0.717, 1.165) is 23.3 Å². The lowest BCUT2D eigenvalue weighted by Gasteiger charge is -2.20. The number of carbonyl (C=O) groups excluding carboxylic acids is 1. The van der Waals surface area contributed by atoms with Gasteiger partial charge in [0.1, 0.15) is 0 Å². The number of hydrogen-bond acceptors (Lipinski definition) is 2. The van der Waals surface area contributed by atoms with Gasteiger partial charge in [0.05, 0.1) is 23.2 Å². The van der Waals surface area contributed by atoms with Gasteiger partial charge in [-0.25, -0.2) is 0 Å². The Morgan fingerprint density at radius 3 is 1.97 bits per heavy atom. The van der Waals surface area contributed by atoms with Crippen LogP contribution in [0.4, 0.5) is 18.9 Å². The third kappa shape index (κ3) is 5.59. The summed E-state index contributed by atoms with van der Waals surface area (Å²) in [4.78, 5) is 12.3. The third-order valence-corrected chi connectivity index (χ3v) is 4.62. The first-order chi connectivity index (χ1) is 13.8. The van der Waals surface area contributed by atoms with Gasteiger partial charge in [-0.15, -0.1) is 0 Å². The predicted molar refractivity (Wildman–Crippen MR) is 108 cm³/mol. The minimum Gasteiger partial charge on any atom is -0.325 e. The molecule has 3 rings (SSSR count). The van der Waals surface area contributed by atoms with E-state index >= 15 is 0 Å². The van der Waals surface area contributed by atoms with Gasteiger partial charge in [-0.1, -0.05) is 72.3 Å². The van der Waals surface area contributed by atoms with Crippen LogP contribution in [0.25, 0.3) is 0 Å². The molecule has 0 spiro atoms. The molecule has 0 saturated heterocycles. The van der Waals surface area contributed by atoms with Crippen LogP contribution in [0.5, 0.6) is 0 Å². The van der Waals surface area contributed by atoms with Crippen LogP contribution in [0.1, 0.15) is 22.7 Å². The minimum absolute atomic E-state index is 0.0319. The van der Waals surface area contributed by atoms with E-state index < -0.39 is 22.7 Å². The fraction of sp³-hybridized carbons (Fsp3) is 0.136. The topological polar surface area (TPSA) is 41.1 Å². The number of carbonyl (C=O) groups is 1. The summed E-state index contributed by atoms with van der Waals surface area (Å²) in [7, 11) is 0. The van der Waals surface area contributed by atoms with Crippen molar-refractivity contribution in [1.82, 2.24) is 5.32 Å². The molecule has 3 nitrogen and oxygen atoms in total. The van der Waals surface area contributed by atoms with Crippen LogP contribution in [-0.4, -0.2) is 12.5 Å². The molecule has 0 saturated carbocycles. The summed E-state index contributed by atoms with van der Waals surface area (Å²) in [5.74, 6) is -0.461. The molecule has 0 atom stereocenters. The maximum Gasteiger partial charge on any atom is 0.417 e. The Labute approximate surface area is 171 Å². The Kier molecular flexibility index (Phi) is 6.56. The highest BCUT2D eigenvalue weighted by Gasteiger charge is 2.33. The molecule has 0 aromatic heterocycles. The second-order valence-corrected chi connectivity index (χ2v) is 6.78. The molecule has 0 radical (unpaired) electrons. The highest BCUT2D eigenvalue weighted by atomic mass is 35.5. The van der Waals surface area contributed by atoms with Gasteiger partial charge in [0.15, 0.2) is 0 Å². The first-order valence-corrected chi connectivity index (χ1v) is 9.22. The molecule has 0 aliphatic rings. The number of nitrogens with one attached hydrogen (secondary N) is 2. The summed E-state index contributed by atoms with van der Waals surface area (Å²) in [6.07, 6.45) is -4.60. The number of amides is 1. The van der Waals surface area contributed by atoms with Crippen molar-refractivity contribution in [1.29, 1.82) is 0 Å². The first kappa shape index (κ1) is 20.9. The summed E-state index contributed by atoms with van der Waals surface area (Å²) < 4.78 is 39.0. The number of hydrogen-bond donors (Lipinski definition) is 2. The quantitative estimate of drug-likeness (QED) is 0.541. The highest BCUT2D eigenvalue weighted by molar-refractivity contribution is 6.31. The standard InChI is InChI=1S/C22H18ClF3N2O/c23-19-12-11-17(13-18(19)22(24,25)26)28-20(29)14-27-21(15-7-3-1-4-8-15)16-9-5-2-6-10-16/h1-13,21,27H,14H2,(H,28,29). The largest absolute Gasteiger partial charge is 0.417 e. The number of rotatable bonds is 6. The van der Waals surface area contributed by atoms with Crippen LogP contribution in [0.2, 0.25) is 5.02 Å². The van der Waals surface area contributed by atoms with Crippen molar-refractivity contribution in [2.24, 2.45) is 0 Å². The molecule has 0 unspecified atom stereocenters. The smallest absolute Gasteiger partial charge is 0.325 e. The number of anilines is 1. The molecule has 0 fully saturated rings. The Bertz CT molecular complexity index is 923. The van der Waals surface area contributed by atoms with E-state index in [2.05, 4.69) is 10.6 Å². The molecule has 3 aromatic rings. The predicted octanol–water partition coefficient (Wildman–Crippen LogP) is 5.68. The summed E-state index contributed by atoms with van der Waals surface area (Å²) in [5.41, 5.74) is 0.982. The van der Waals surface area contributed by atoms with Gasteiger partial charge in [0.25, 0.3) is 0 Å². The maximum atomic E-state index is 13.0. The van der Waals surface area contributed by atoms with E-state index in [9.17, 15) is 18.0 Å². The molecule has 29 heavy (non-hydrogen) atoms. The molecule has 1 amide bonds. The Morgan fingerprint density at radius 1 is 0.897 bits per heavy atom. The summed E-state index contributed by atoms with van der Waals surface area (Å²) in [5, 5.41) is 5.23. The second kappa shape index (κ2) is 9.11. The van der Waals surface area contributed by atoms with Gasteiger partial charge in [-0.2, -0.15) is 13.2 Å². The Balaban J connectivity index is 1.71. The molecule has 2 N–H and O–H groups in total. The normalized spacial score (nSPS) is 11.5. The molecule has 3 aromatic carbocycles. The number of benzene rings is 3. The van der Waals surface area contributed by atoms with E-state index in [-0.39, 0.29) is 18.3 Å². The van der Waals surface area contributed by atoms with Gasteiger partial charge in [-0.3, -0.25) is 10.1 Å². The lowest BCUT2D eigenvalue weighted by Crippen LogP contribution is -2.32. The van der Waals surface area contributed by atoms with Crippen LogP contribution in [0.3, 0.4) is 0 Å². The minimum atomic E-state index is -4.60. The fourth-order valence-electron chi connectivity index (χ4n) is 2.94. The van der Waals surface area contributed by atoms with E-state index in [1.54, 1.807) is 0 Å². The Hall–Kier alpha value is -2.83. The third-order valence-electron chi connectivity index (χ3n) is 4.29. The van der Waals surface area contributed by atoms with Gasteiger partial charge >= 0.3 is 6.18 Å². The molecular formula is C22H18ClF3N2O. The van der Waals surface area contributed by atoms with Crippen LogP contribution in [-0.2, 0) is 11.0 Å². The average molecular weight is 419 g/mol. The molecule has 150 valence electrons. The van der Waals surface area contributed by atoms with Crippen LogP contribution in [0, 0.1) is 0 Å².